The van der Waals surface area contributed by atoms with Crippen LogP contribution in [0.15, 0.2) is 47.2 Å². The first-order valence-electron chi connectivity index (χ1n) is 13.1. The molecule has 1 saturated carbocycles. The molecule has 3 aliphatic rings. The van der Waals surface area contributed by atoms with Crippen molar-refractivity contribution in [2.75, 3.05) is 25.0 Å². The highest BCUT2D eigenvalue weighted by Crippen LogP contribution is 2.40. The van der Waals surface area contributed by atoms with E-state index in [0.717, 1.165) is 31.2 Å². The van der Waals surface area contributed by atoms with Crippen molar-refractivity contribution in [2.24, 2.45) is 10.7 Å². The summed E-state index contributed by atoms with van der Waals surface area (Å²) in [6.07, 6.45) is 5.17. The van der Waals surface area contributed by atoms with Gasteiger partial charge < -0.3 is 27.0 Å². The molecule has 0 spiro atoms. The molecule has 0 radical (unpaired) electrons. The molecule has 1 amide bonds. The van der Waals surface area contributed by atoms with Crippen molar-refractivity contribution in [2.45, 2.75) is 56.7 Å². The number of piperidine rings is 1. The third kappa shape index (κ3) is 5.95. The normalized spacial score (nSPS) is 23.6. The van der Waals surface area contributed by atoms with Crippen molar-refractivity contribution >= 4 is 23.3 Å². The van der Waals surface area contributed by atoms with Crippen LogP contribution in [-0.2, 0) is 4.89 Å². The van der Waals surface area contributed by atoms with Crippen LogP contribution in [0.1, 0.15) is 60.0 Å². The molecule has 38 heavy (non-hydrogen) atoms. The number of hydrogen-bond acceptors (Lipinski definition) is 9. The van der Waals surface area contributed by atoms with Crippen LogP contribution in [0.2, 0.25) is 0 Å². The lowest BCUT2D eigenvalue weighted by Gasteiger charge is -2.34. The van der Waals surface area contributed by atoms with Crippen LogP contribution in [0.25, 0.3) is 5.70 Å². The van der Waals surface area contributed by atoms with Crippen molar-refractivity contribution < 1.29 is 19.3 Å². The van der Waals surface area contributed by atoms with E-state index in [4.69, 9.17) is 11.0 Å². The minimum atomic E-state index is -0.559. The Bertz CT molecular complexity index is 1240. The fraction of sp³-hybridized carbons (Fsp3) is 0.444. The van der Waals surface area contributed by atoms with Crippen LogP contribution >= 0.6 is 0 Å². The van der Waals surface area contributed by atoms with Crippen molar-refractivity contribution in [1.82, 2.24) is 20.9 Å². The smallest absolute Gasteiger partial charge is 0.256 e. The Morgan fingerprint density at radius 1 is 1.24 bits per heavy atom. The van der Waals surface area contributed by atoms with Crippen LogP contribution in [0.3, 0.4) is 0 Å². The average Bonchev–Trinajstić information content (AvgIpc) is 3.78. The number of nitrogens with one attached hydrogen (secondary N) is 4. The zero-order chi connectivity index (χ0) is 26.6. The fourth-order valence-corrected chi connectivity index (χ4v) is 4.94. The average molecular weight is 524 g/mol. The number of aromatic nitrogens is 1. The maximum absolute atomic E-state index is 15.6. The van der Waals surface area contributed by atoms with Gasteiger partial charge in [-0.05, 0) is 74.4 Å². The van der Waals surface area contributed by atoms with Gasteiger partial charge in [-0.15, -0.1) is 0 Å². The molecule has 2 aliphatic heterocycles. The van der Waals surface area contributed by atoms with E-state index in [2.05, 4.69) is 36.1 Å². The highest BCUT2D eigenvalue weighted by Gasteiger charge is 2.28. The van der Waals surface area contributed by atoms with Gasteiger partial charge in [0, 0.05) is 42.5 Å². The number of aliphatic imine (C=N–C) groups is 1. The molecule has 0 bridgehead atoms. The third-order valence-corrected chi connectivity index (χ3v) is 7.31. The maximum atomic E-state index is 15.6. The Balaban J connectivity index is 1.36. The summed E-state index contributed by atoms with van der Waals surface area (Å²) in [6.45, 7) is 3.49. The molecule has 0 unspecified atom stereocenters. The monoisotopic (exact) mass is 523 g/mol. The number of amides is 1. The molecule has 5 rings (SSSR count). The summed E-state index contributed by atoms with van der Waals surface area (Å²) >= 11 is 0. The second kappa shape index (κ2) is 11.5. The topological polar surface area (TPSA) is 146 Å². The lowest BCUT2D eigenvalue weighted by Crippen LogP contribution is -2.52. The first-order chi connectivity index (χ1) is 18.4. The number of carbonyl (C=O) groups is 1. The first kappa shape index (κ1) is 26.1. The molecule has 3 heterocycles. The van der Waals surface area contributed by atoms with Crippen molar-refractivity contribution in [3.8, 4) is 0 Å². The van der Waals surface area contributed by atoms with E-state index in [9.17, 15) is 4.79 Å². The molecule has 2 fully saturated rings. The zero-order valence-electron chi connectivity index (χ0n) is 21.3. The van der Waals surface area contributed by atoms with Gasteiger partial charge in [-0.3, -0.25) is 15.0 Å². The summed E-state index contributed by atoms with van der Waals surface area (Å²) in [7, 11) is 0. The van der Waals surface area contributed by atoms with E-state index in [1.165, 1.54) is 6.07 Å². The number of anilines is 1. The van der Waals surface area contributed by atoms with Gasteiger partial charge in [-0.1, -0.05) is 0 Å². The van der Waals surface area contributed by atoms with Crippen LogP contribution in [0.4, 0.5) is 10.2 Å². The number of halogens is 1. The standard InChI is InChI=1S/C27H34FN7O3/c1-15(38-37)22-7-5-19(14-33-22)34-24(25-26(29)32-11-10-31-25)20-6-4-18(12-21(20)28)27(36)35-23-13-17(8-9-30-23)16-2-3-16/h4,6,8-9,12-13,15-16,19,22,31,33-34,37H,2-3,5,7,10-11,14H2,1H3,(H2,29,32)(H,30,35,36)/b25-24-/t15-,19+,22+/m0/s1. The molecule has 1 saturated heterocycles. The summed E-state index contributed by atoms with van der Waals surface area (Å²) in [5.41, 5.74) is 8.84. The lowest BCUT2D eigenvalue weighted by molar-refractivity contribution is -0.280. The van der Waals surface area contributed by atoms with Gasteiger partial charge in [-0.25, -0.2) is 14.3 Å². The van der Waals surface area contributed by atoms with Gasteiger partial charge in [0.05, 0.1) is 12.2 Å². The van der Waals surface area contributed by atoms with Gasteiger partial charge in [0.15, 0.2) is 0 Å². The molecule has 1 aliphatic carbocycles. The summed E-state index contributed by atoms with van der Waals surface area (Å²) in [6, 6.07) is 8.22. The van der Waals surface area contributed by atoms with Crippen LogP contribution in [0, 0.1) is 5.82 Å². The van der Waals surface area contributed by atoms with Crippen LogP contribution in [0.5, 0.6) is 0 Å². The van der Waals surface area contributed by atoms with Crippen molar-refractivity contribution in [1.29, 1.82) is 0 Å². The van der Waals surface area contributed by atoms with Gasteiger partial charge in [-0.2, -0.15) is 0 Å². The molecule has 11 heteroatoms. The number of carbonyl (C=O) groups excluding carboxylic acids is 1. The van der Waals surface area contributed by atoms with E-state index in [0.29, 0.717) is 48.6 Å². The van der Waals surface area contributed by atoms with E-state index in [1.807, 2.05) is 12.1 Å². The largest absolute Gasteiger partial charge is 0.382 e. The van der Waals surface area contributed by atoms with Gasteiger partial charge in [0.2, 0.25) is 0 Å². The van der Waals surface area contributed by atoms with Crippen LogP contribution in [-0.4, -0.2) is 59.8 Å². The molecule has 3 atom stereocenters. The number of pyridine rings is 1. The maximum Gasteiger partial charge on any atom is 0.256 e. The van der Waals surface area contributed by atoms with E-state index in [1.54, 1.807) is 25.3 Å². The number of amidine groups is 1. The number of benzene rings is 1. The van der Waals surface area contributed by atoms with E-state index >= 15 is 4.39 Å². The predicted octanol–water partition coefficient (Wildman–Crippen LogP) is 2.57. The Hall–Kier alpha value is -3.54. The van der Waals surface area contributed by atoms with Crippen molar-refractivity contribution in [3.05, 3.63) is 64.7 Å². The van der Waals surface area contributed by atoms with Crippen LogP contribution < -0.4 is 27.0 Å². The summed E-state index contributed by atoms with van der Waals surface area (Å²) < 4.78 is 15.6. The molecule has 1 aromatic heterocycles. The van der Waals surface area contributed by atoms with E-state index < -0.39 is 11.7 Å². The molecular formula is C27H34FN7O3. The summed E-state index contributed by atoms with van der Waals surface area (Å²) in [5.74, 6) is 0.290. The Kier molecular flexibility index (Phi) is 7.87. The van der Waals surface area contributed by atoms with Gasteiger partial charge in [0.1, 0.15) is 29.3 Å². The molecular weight excluding hydrogens is 489 g/mol. The van der Waals surface area contributed by atoms with Crippen molar-refractivity contribution in [3.63, 3.8) is 0 Å². The quantitative estimate of drug-likeness (QED) is 0.229. The number of nitrogens with two attached hydrogens (primary N) is 1. The summed E-state index contributed by atoms with van der Waals surface area (Å²) in [4.78, 5) is 25.9. The minimum absolute atomic E-state index is 0.0163. The molecule has 2 aromatic rings. The highest BCUT2D eigenvalue weighted by atomic mass is 19.1. The Morgan fingerprint density at radius 2 is 2.08 bits per heavy atom. The molecule has 202 valence electrons. The fourth-order valence-electron chi connectivity index (χ4n) is 4.94. The molecule has 1 aromatic carbocycles. The third-order valence-electron chi connectivity index (χ3n) is 7.31. The lowest BCUT2D eigenvalue weighted by atomic mass is 9.96. The van der Waals surface area contributed by atoms with Gasteiger partial charge >= 0.3 is 0 Å². The Morgan fingerprint density at radius 3 is 2.76 bits per heavy atom. The second-order valence-electron chi connectivity index (χ2n) is 10.1. The Labute approximate surface area is 220 Å². The van der Waals surface area contributed by atoms with Gasteiger partial charge in [0.25, 0.3) is 5.91 Å². The molecule has 7 N–H and O–H groups in total. The number of nitrogens with zero attached hydrogens (tertiary/aromatic N) is 2. The molecule has 10 nitrogen and oxygen atoms in total. The summed E-state index contributed by atoms with van der Waals surface area (Å²) in [5, 5.41) is 21.8. The second-order valence-corrected chi connectivity index (χ2v) is 10.1. The number of hydrogen-bond donors (Lipinski definition) is 6. The van der Waals surface area contributed by atoms with E-state index in [-0.39, 0.29) is 29.3 Å². The highest BCUT2D eigenvalue weighted by molar-refractivity contribution is 6.05. The number of rotatable bonds is 8. The zero-order valence-corrected chi connectivity index (χ0v) is 21.3. The predicted molar refractivity (Wildman–Crippen MR) is 143 cm³/mol. The minimum Gasteiger partial charge on any atom is -0.382 e. The SMILES string of the molecule is C[C@H](OO)[C@H]1CC[C@@H](N/C(=C2\NCCN=C2N)c2ccc(C(=O)Nc3cc(C4CC4)ccn3)cc2F)CN1. The first-order valence-corrected chi connectivity index (χ1v) is 13.1.